The van der Waals surface area contributed by atoms with Crippen molar-refractivity contribution < 1.29 is 18.3 Å². The minimum Gasteiger partial charge on any atom is -0.464 e. The molecule has 4 nitrogen and oxygen atoms in total. The standard InChI is InChI=1S/C14H10BrClF2N2O2/c1-5-3-8(18)6(4-7(5)17)12-9(15)11(19)10(16)13(20-12)14(21)22-2/h3-4H,1-2H3,(H2,19,20). The summed E-state index contributed by atoms with van der Waals surface area (Å²) in [5, 5.41) is -0.129. The average Bonchev–Trinajstić information content (AvgIpc) is 2.48. The molecular formula is C14H10BrClF2N2O2. The highest BCUT2D eigenvalue weighted by atomic mass is 79.9. The molecule has 0 aliphatic carbocycles. The van der Waals surface area contributed by atoms with Gasteiger partial charge in [0.2, 0.25) is 0 Å². The van der Waals surface area contributed by atoms with Crippen molar-refractivity contribution in [3.8, 4) is 11.3 Å². The summed E-state index contributed by atoms with van der Waals surface area (Å²) < 4.78 is 32.6. The molecule has 2 aromatic rings. The van der Waals surface area contributed by atoms with Gasteiger partial charge in [0.25, 0.3) is 0 Å². The van der Waals surface area contributed by atoms with Crippen molar-refractivity contribution in [2.24, 2.45) is 0 Å². The van der Waals surface area contributed by atoms with Crippen molar-refractivity contribution in [2.45, 2.75) is 6.92 Å². The highest BCUT2D eigenvalue weighted by molar-refractivity contribution is 9.10. The Balaban J connectivity index is 2.79. The molecule has 22 heavy (non-hydrogen) atoms. The van der Waals surface area contributed by atoms with Crippen molar-refractivity contribution in [3.05, 3.63) is 44.5 Å². The molecule has 8 heteroatoms. The zero-order valence-electron chi connectivity index (χ0n) is 11.5. The van der Waals surface area contributed by atoms with Crippen LogP contribution in [0.2, 0.25) is 5.02 Å². The number of anilines is 1. The number of rotatable bonds is 2. The molecule has 0 aliphatic rings. The van der Waals surface area contributed by atoms with Crippen LogP contribution in [0.5, 0.6) is 0 Å². The monoisotopic (exact) mass is 390 g/mol. The molecule has 0 fully saturated rings. The number of esters is 1. The maximum Gasteiger partial charge on any atom is 0.358 e. The van der Waals surface area contributed by atoms with Crippen molar-refractivity contribution in [1.29, 1.82) is 0 Å². The van der Waals surface area contributed by atoms with Gasteiger partial charge in [-0.25, -0.2) is 18.6 Å². The Morgan fingerprint density at radius 2 is 2.00 bits per heavy atom. The summed E-state index contributed by atoms with van der Waals surface area (Å²) in [6.07, 6.45) is 0. The first-order valence-electron chi connectivity index (χ1n) is 5.96. The van der Waals surface area contributed by atoms with E-state index in [4.69, 9.17) is 17.3 Å². The van der Waals surface area contributed by atoms with E-state index >= 15 is 0 Å². The number of carbonyl (C=O) groups is 1. The number of hydrogen-bond donors (Lipinski definition) is 1. The third kappa shape index (κ3) is 2.78. The largest absolute Gasteiger partial charge is 0.464 e. The number of nitrogens with two attached hydrogens (primary N) is 1. The third-order valence-electron chi connectivity index (χ3n) is 2.99. The summed E-state index contributed by atoms with van der Waals surface area (Å²) in [4.78, 5) is 15.6. The molecular weight excluding hydrogens is 382 g/mol. The number of aromatic nitrogens is 1. The van der Waals surface area contributed by atoms with E-state index in [1.54, 1.807) is 0 Å². The Labute approximate surface area is 138 Å². The van der Waals surface area contributed by atoms with Crippen LogP contribution in [0.4, 0.5) is 14.5 Å². The molecule has 2 rings (SSSR count). The van der Waals surface area contributed by atoms with Crippen molar-refractivity contribution in [2.75, 3.05) is 12.8 Å². The molecule has 0 unspecified atom stereocenters. The van der Waals surface area contributed by atoms with E-state index in [1.165, 1.54) is 6.92 Å². The predicted octanol–water partition coefficient (Wildman–Crippen LogP) is 4.12. The van der Waals surface area contributed by atoms with Crippen LogP contribution in [0, 0.1) is 18.6 Å². The van der Waals surface area contributed by atoms with Gasteiger partial charge >= 0.3 is 5.97 Å². The fourth-order valence-corrected chi connectivity index (χ4v) is 2.63. The van der Waals surface area contributed by atoms with Crippen LogP contribution in [0.1, 0.15) is 16.1 Å². The topological polar surface area (TPSA) is 65.2 Å². The summed E-state index contributed by atoms with van der Waals surface area (Å²) in [5.41, 5.74) is 5.44. The summed E-state index contributed by atoms with van der Waals surface area (Å²) in [5.74, 6) is -2.15. The van der Waals surface area contributed by atoms with E-state index in [0.29, 0.717) is 0 Å². The van der Waals surface area contributed by atoms with E-state index < -0.39 is 17.6 Å². The van der Waals surface area contributed by atoms with Gasteiger partial charge in [-0.1, -0.05) is 11.6 Å². The third-order valence-corrected chi connectivity index (χ3v) is 4.18. The quantitative estimate of drug-likeness (QED) is 0.782. The van der Waals surface area contributed by atoms with Crippen LogP contribution < -0.4 is 5.73 Å². The summed E-state index contributed by atoms with van der Waals surface area (Å²) in [6.45, 7) is 1.43. The minimum absolute atomic E-state index is 0.0209. The van der Waals surface area contributed by atoms with Crippen molar-refractivity contribution >= 4 is 39.2 Å². The number of nitrogens with zero attached hydrogens (tertiary/aromatic N) is 1. The second-order valence-electron chi connectivity index (χ2n) is 4.42. The minimum atomic E-state index is -0.835. The Kier molecular flexibility index (Phi) is 4.67. The fraction of sp³-hybridized carbons (Fsp3) is 0.143. The number of methoxy groups -OCH3 is 1. The van der Waals surface area contributed by atoms with Gasteiger partial charge in [0.1, 0.15) is 11.6 Å². The van der Waals surface area contributed by atoms with Gasteiger partial charge in [-0.15, -0.1) is 0 Å². The number of ether oxygens (including phenoxy) is 1. The lowest BCUT2D eigenvalue weighted by molar-refractivity contribution is 0.0594. The Hall–Kier alpha value is -1.73. The Morgan fingerprint density at radius 3 is 2.59 bits per heavy atom. The highest BCUT2D eigenvalue weighted by Crippen LogP contribution is 2.38. The van der Waals surface area contributed by atoms with Crippen LogP contribution in [-0.4, -0.2) is 18.1 Å². The number of benzene rings is 1. The summed E-state index contributed by atoms with van der Waals surface area (Å²) in [7, 11) is 1.14. The molecule has 0 saturated heterocycles. The second kappa shape index (κ2) is 6.18. The molecule has 0 amide bonds. The first kappa shape index (κ1) is 16.6. The Bertz CT molecular complexity index is 784. The van der Waals surface area contributed by atoms with Gasteiger partial charge < -0.3 is 10.5 Å². The SMILES string of the molecule is COC(=O)c1nc(-c2cc(F)c(C)cc2F)c(Br)c(N)c1Cl. The number of pyridine rings is 1. The predicted molar refractivity (Wildman–Crippen MR) is 82.8 cm³/mol. The first-order valence-corrected chi connectivity index (χ1v) is 7.13. The summed E-state index contributed by atoms with van der Waals surface area (Å²) in [6, 6.07) is 2.01. The molecule has 0 atom stereocenters. The van der Waals surface area contributed by atoms with E-state index in [2.05, 4.69) is 25.7 Å². The van der Waals surface area contributed by atoms with Gasteiger partial charge in [0.05, 0.1) is 28.0 Å². The van der Waals surface area contributed by atoms with Gasteiger partial charge in [0.15, 0.2) is 5.69 Å². The lowest BCUT2D eigenvalue weighted by Gasteiger charge is -2.13. The van der Waals surface area contributed by atoms with Crippen molar-refractivity contribution in [1.82, 2.24) is 4.98 Å². The number of aryl methyl sites for hydroxylation is 1. The van der Waals surface area contributed by atoms with Crippen LogP contribution in [0.15, 0.2) is 16.6 Å². The Morgan fingerprint density at radius 1 is 1.36 bits per heavy atom. The maximum absolute atomic E-state index is 14.1. The van der Waals surface area contributed by atoms with Crippen LogP contribution in [0.25, 0.3) is 11.3 Å². The molecule has 0 saturated carbocycles. The van der Waals surface area contributed by atoms with E-state index in [0.717, 1.165) is 19.2 Å². The molecule has 2 N–H and O–H groups in total. The fourth-order valence-electron chi connectivity index (χ4n) is 1.80. The normalized spacial score (nSPS) is 10.6. The lowest BCUT2D eigenvalue weighted by Crippen LogP contribution is -2.09. The smallest absolute Gasteiger partial charge is 0.358 e. The summed E-state index contributed by atoms with van der Waals surface area (Å²) >= 11 is 9.08. The van der Waals surface area contributed by atoms with Gasteiger partial charge in [-0.3, -0.25) is 0 Å². The molecule has 116 valence electrons. The van der Waals surface area contributed by atoms with Crippen molar-refractivity contribution in [3.63, 3.8) is 0 Å². The lowest BCUT2D eigenvalue weighted by atomic mass is 10.1. The maximum atomic E-state index is 14.1. The van der Waals surface area contributed by atoms with Gasteiger partial charge in [0, 0.05) is 5.56 Å². The molecule has 1 aromatic carbocycles. The van der Waals surface area contributed by atoms with Crippen LogP contribution >= 0.6 is 27.5 Å². The zero-order chi connectivity index (χ0) is 16.6. The number of halogens is 4. The second-order valence-corrected chi connectivity index (χ2v) is 5.59. The average molecular weight is 392 g/mol. The van der Waals surface area contributed by atoms with Crippen LogP contribution in [0.3, 0.4) is 0 Å². The molecule has 0 bridgehead atoms. The van der Waals surface area contributed by atoms with E-state index in [9.17, 15) is 13.6 Å². The first-order chi connectivity index (χ1) is 10.3. The molecule has 0 radical (unpaired) electrons. The van der Waals surface area contributed by atoms with Gasteiger partial charge in [-0.2, -0.15) is 0 Å². The number of hydrogen-bond acceptors (Lipinski definition) is 4. The molecule has 0 aliphatic heterocycles. The molecule has 1 heterocycles. The molecule has 0 spiro atoms. The van der Waals surface area contributed by atoms with E-state index in [1.807, 2.05) is 0 Å². The van der Waals surface area contributed by atoms with E-state index in [-0.39, 0.29) is 37.7 Å². The number of nitrogen functional groups attached to an aromatic ring is 1. The van der Waals surface area contributed by atoms with Crippen LogP contribution in [-0.2, 0) is 4.74 Å². The highest BCUT2D eigenvalue weighted by Gasteiger charge is 2.23. The molecule has 1 aromatic heterocycles. The zero-order valence-corrected chi connectivity index (χ0v) is 13.8. The van der Waals surface area contributed by atoms with Gasteiger partial charge in [-0.05, 0) is 40.5 Å². The number of carbonyl (C=O) groups excluding carboxylic acids is 1.